The summed E-state index contributed by atoms with van der Waals surface area (Å²) in [5.41, 5.74) is 1.02. The van der Waals surface area contributed by atoms with Gasteiger partial charge < -0.3 is 14.4 Å². The summed E-state index contributed by atoms with van der Waals surface area (Å²) in [5, 5.41) is 0. The van der Waals surface area contributed by atoms with Crippen molar-refractivity contribution in [2.45, 2.75) is 26.3 Å². The summed E-state index contributed by atoms with van der Waals surface area (Å²) in [6.45, 7) is 3.60. The number of rotatable bonds is 5. The number of hydrogen-bond donors (Lipinski definition) is 0. The highest BCUT2D eigenvalue weighted by Gasteiger charge is 2.28. The van der Waals surface area contributed by atoms with Crippen LogP contribution < -0.4 is 9.47 Å². The lowest BCUT2D eigenvalue weighted by molar-refractivity contribution is -0.128. The molecule has 0 N–H and O–H groups in total. The molecule has 4 nitrogen and oxygen atoms in total. The number of likely N-dealkylation sites (tertiary alicyclic amines) is 1. The molecule has 0 saturated carbocycles. The zero-order chi connectivity index (χ0) is 13.8. The molecule has 1 atom stereocenters. The van der Waals surface area contributed by atoms with Crippen LogP contribution in [-0.4, -0.2) is 31.6 Å². The van der Waals surface area contributed by atoms with Gasteiger partial charge >= 0.3 is 0 Å². The lowest BCUT2D eigenvalue weighted by Gasteiger charge is -2.18. The second-order valence-electron chi connectivity index (χ2n) is 4.93. The quantitative estimate of drug-likeness (QED) is 0.819. The van der Waals surface area contributed by atoms with Gasteiger partial charge in [0.2, 0.25) is 5.91 Å². The smallest absolute Gasteiger partial charge is 0.223 e. The van der Waals surface area contributed by atoms with Crippen molar-refractivity contribution in [3.63, 3.8) is 0 Å². The number of benzene rings is 1. The highest BCUT2D eigenvalue weighted by atomic mass is 16.5. The van der Waals surface area contributed by atoms with E-state index in [1.165, 1.54) is 0 Å². The predicted octanol–water partition coefficient (Wildman–Crippen LogP) is 2.46. The van der Waals surface area contributed by atoms with Gasteiger partial charge in [0.15, 0.2) is 0 Å². The maximum Gasteiger partial charge on any atom is 0.223 e. The third-order valence-electron chi connectivity index (χ3n) is 3.73. The topological polar surface area (TPSA) is 38.8 Å². The van der Waals surface area contributed by atoms with Crippen LogP contribution in [0.2, 0.25) is 0 Å². The number of carbonyl (C=O) groups excluding carboxylic acids is 1. The minimum Gasteiger partial charge on any atom is -0.497 e. The molecule has 1 aromatic rings. The molecule has 2 rings (SSSR count). The maximum atomic E-state index is 11.9. The molecule has 1 aromatic carbocycles. The van der Waals surface area contributed by atoms with E-state index in [9.17, 15) is 4.79 Å². The van der Waals surface area contributed by atoms with E-state index < -0.39 is 0 Å². The van der Waals surface area contributed by atoms with Crippen LogP contribution in [-0.2, 0) is 11.3 Å². The molecule has 0 aliphatic carbocycles. The van der Waals surface area contributed by atoms with Crippen LogP contribution in [0.15, 0.2) is 18.2 Å². The highest BCUT2D eigenvalue weighted by Crippen LogP contribution is 2.28. The van der Waals surface area contributed by atoms with E-state index in [2.05, 4.69) is 6.92 Å². The molecule has 4 heteroatoms. The summed E-state index contributed by atoms with van der Waals surface area (Å²) in [6, 6.07) is 5.72. The largest absolute Gasteiger partial charge is 0.497 e. The number of hydrogen-bond acceptors (Lipinski definition) is 3. The molecule has 1 aliphatic rings. The van der Waals surface area contributed by atoms with Gasteiger partial charge in [-0.2, -0.15) is 0 Å². The second kappa shape index (κ2) is 5.95. The number of carbonyl (C=O) groups is 1. The molecule has 0 spiro atoms. The predicted molar refractivity (Wildman–Crippen MR) is 73.4 cm³/mol. The van der Waals surface area contributed by atoms with E-state index in [0.29, 0.717) is 18.9 Å². The van der Waals surface area contributed by atoms with Gasteiger partial charge in [-0.05, 0) is 18.1 Å². The minimum absolute atomic E-state index is 0.240. The third kappa shape index (κ3) is 3.00. The standard InChI is InChI=1S/C15H21NO3/c1-4-11-7-15(17)16(9-11)10-12-5-6-13(18-2)8-14(12)19-3/h5-6,8,11H,4,7,9-10H2,1-3H3. The Labute approximate surface area is 114 Å². The SMILES string of the molecule is CCC1CC(=O)N(Cc2ccc(OC)cc2OC)C1. The van der Waals surface area contributed by atoms with Crippen molar-refractivity contribution in [2.24, 2.45) is 5.92 Å². The van der Waals surface area contributed by atoms with Gasteiger partial charge in [-0.1, -0.05) is 13.3 Å². The number of ether oxygens (including phenoxy) is 2. The van der Waals surface area contributed by atoms with E-state index in [-0.39, 0.29) is 5.91 Å². The first kappa shape index (κ1) is 13.7. The first-order valence-electron chi connectivity index (χ1n) is 6.66. The summed E-state index contributed by atoms with van der Waals surface area (Å²) in [7, 11) is 3.27. The van der Waals surface area contributed by atoms with E-state index in [0.717, 1.165) is 30.0 Å². The Hall–Kier alpha value is -1.71. The van der Waals surface area contributed by atoms with Gasteiger partial charge in [-0.15, -0.1) is 0 Å². The summed E-state index contributed by atoms with van der Waals surface area (Å²) < 4.78 is 10.5. The van der Waals surface area contributed by atoms with Crippen molar-refractivity contribution < 1.29 is 14.3 Å². The third-order valence-corrected chi connectivity index (χ3v) is 3.73. The maximum absolute atomic E-state index is 11.9. The Bertz CT molecular complexity index is 459. The molecule has 104 valence electrons. The van der Waals surface area contributed by atoms with Crippen LogP contribution in [0.4, 0.5) is 0 Å². The summed E-state index contributed by atoms with van der Waals surface area (Å²) >= 11 is 0. The van der Waals surface area contributed by atoms with Crippen LogP contribution >= 0.6 is 0 Å². The zero-order valence-electron chi connectivity index (χ0n) is 11.8. The average Bonchev–Trinajstić information content (AvgIpc) is 2.80. The lowest BCUT2D eigenvalue weighted by Crippen LogP contribution is -2.24. The number of nitrogens with zero attached hydrogens (tertiary/aromatic N) is 1. The molecule has 1 fully saturated rings. The fourth-order valence-corrected chi connectivity index (χ4v) is 2.47. The van der Waals surface area contributed by atoms with Crippen molar-refractivity contribution in [1.82, 2.24) is 4.90 Å². The van der Waals surface area contributed by atoms with Gasteiger partial charge in [-0.25, -0.2) is 0 Å². The van der Waals surface area contributed by atoms with Crippen LogP contribution in [0.25, 0.3) is 0 Å². The van der Waals surface area contributed by atoms with Gasteiger partial charge in [0, 0.05) is 31.1 Å². The molecular formula is C15H21NO3. The molecule has 1 amide bonds. The van der Waals surface area contributed by atoms with E-state index in [1.54, 1.807) is 14.2 Å². The lowest BCUT2D eigenvalue weighted by atomic mass is 10.1. The highest BCUT2D eigenvalue weighted by molar-refractivity contribution is 5.78. The molecule has 0 radical (unpaired) electrons. The Morgan fingerprint density at radius 3 is 2.68 bits per heavy atom. The van der Waals surface area contributed by atoms with Crippen molar-refractivity contribution in [3.05, 3.63) is 23.8 Å². The van der Waals surface area contributed by atoms with E-state index in [4.69, 9.17) is 9.47 Å². The Morgan fingerprint density at radius 1 is 1.32 bits per heavy atom. The van der Waals surface area contributed by atoms with Gasteiger partial charge in [0.1, 0.15) is 11.5 Å². The van der Waals surface area contributed by atoms with Gasteiger partial charge in [0.05, 0.1) is 14.2 Å². The average molecular weight is 263 g/mol. The zero-order valence-corrected chi connectivity index (χ0v) is 11.8. The monoisotopic (exact) mass is 263 g/mol. The van der Waals surface area contributed by atoms with Gasteiger partial charge in [0.25, 0.3) is 0 Å². The Kier molecular flexibility index (Phi) is 4.30. The fraction of sp³-hybridized carbons (Fsp3) is 0.533. The summed E-state index contributed by atoms with van der Waals surface area (Å²) in [6.07, 6.45) is 1.73. The van der Waals surface area contributed by atoms with Crippen molar-refractivity contribution >= 4 is 5.91 Å². The molecule has 1 saturated heterocycles. The van der Waals surface area contributed by atoms with Crippen LogP contribution in [0.5, 0.6) is 11.5 Å². The first-order chi connectivity index (χ1) is 9.17. The second-order valence-corrected chi connectivity index (χ2v) is 4.93. The van der Waals surface area contributed by atoms with Gasteiger partial charge in [-0.3, -0.25) is 4.79 Å². The molecule has 1 aliphatic heterocycles. The van der Waals surface area contributed by atoms with Crippen LogP contribution in [0.3, 0.4) is 0 Å². The molecule has 1 heterocycles. The van der Waals surface area contributed by atoms with Crippen LogP contribution in [0, 0.1) is 5.92 Å². The van der Waals surface area contributed by atoms with Crippen LogP contribution in [0.1, 0.15) is 25.3 Å². The normalized spacial score (nSPS) is 18.8. The van der Waals surface area contributed by atoms with Crippen molar-refractivity contribution in [1.29, 1.82) is 0 Å². The number of methoxy groups -OCH3 is 2. The van der Waals surface area contributed by atoms with Crippen molar-refractivity contribution in [2.75, 3.05) is 20.8 Å². The molecule has 1 unspecified atom stereocenters. The summed E-state index contributed by atoms with van der Waals surface area (Å²) in [5.74, 6) is 2.27. The van der Waals surface area contributed by atoms with Crippen molar-refractivity contribution in [3.8, 4) is 11.5 Å². The Morgan fingerprint density at radius 2 is 2.11 bits per heavy atom. The fourth-order valence-electron chi connectivity index (χ4n) is 2.47. The number of amides is 1. The minimum atomic E-state index is 0.240. The van der Waals surface area contributed by atoms with E-state index in [1.807, 2.05) is 23.1 Å². The first-order valence-corrected chi connectivity index (χ1v) is 6.66. The summed E-state index contributed by atoms with van der Waals surface area (Å²) in [4.78, 5) is 13.8. The molecule has 0 bridgehead atoms. The molecule has 0 aromatic heterocycles. The molecular weight excluding hydrogens is 242 g/mol. The van der Waals surface area contributed by atoms with E-state index >= 15 is 0 Å². The molecule has 19 heavy (non-hydrogen) atoms. The Balaban J connectivity index is 2.13.